The summed E-state index contributed by atoms with van der Waals surface area (Å²) in [5.74, 6) is -5.70. The Hall–Kier alpha value is -14.8. The fourth-order valence-electron chi connectivity index (χ4n) is 21.4. The van der Waals surface area contributed by atoms with Gasteiger partial charge in [-0.1, -0.05) is 133 Å². The molecule has 11 heterocycles. The van der Waals surface area contributed by atoms with Gasteiger partial charge in [-0.2, -0.15) is 0 Å². The molecule has 2 aliphatic carbocycles. The molecule has 0 radical (unpaired) electrons. The number of hydrogen-bond donors (Lipinski definition) is 15. The molecular weight excluding hydrogens is 1790 g/mol. The molecule has 6 saturated heterocycles. The Morgan fingerprint density at radius 3 is 1.17 bits per heavy atom. The Labute approximate surface area is 808 Å². The van der Waals surface area contributed by atoms with E-state index in [1.807, 2.05) is 182 Å². The number of anilines is 5. The van der Waals surface area contributed by atoms with Crippen LogP contribution in [0, 0.1) is 23.7 Å². The third-order valence-corrected chi connectivity index (χ3v) is 28.4. The molecular formula is C106H124N12O22. The van der Waals surface area contributed by atoms with Crippen LogP contribution in [0.25, 0.3) is 56.3 Å². The van der Waals surface area contributed by atoms with Gasteiger partial charge in [0, 0.05) is 141 Å². The van der Waals surface area contributed by atoms with E-state index in [-0.39, 0.29) is 29.5 Å². The number of carboxylic acids is 5. The molecule has 140 heavy (non-hydrogen) atoms. The van der Waals surface area contributed by atoms with Crippen LogP contribution in [0.5, 0.6) is 28.7 Å². The highest BCUT2D eigenvalue weighted by atomic mass is 16.6. The first-order valence-corrected chi connectivity index (χ1v) is 47.9. The smallest absolute Gasteiger partial charge is 0.410 e. The Morgan fingerprint density at radius 2 is 0.821 bits per heavy atom. The summed E-state index contributed by atoms with van der Waals surface area (Å²) in [5, 5.41) is 90.8. The average Bonchev–Trinajstić information content (AvgIpc) is 1.46. The fraction of sp³-hybridized carbons (Fsp3) is 0.406. The van der Waals surface area contributed by atoms with E-state index in [0.29, 0.717) is 125 Å². The number of ether oxygens (including phenoxy) is 2. The van der Waals surface area contributed by atoms with Crippen molar-refractivity contribution in [2.45, 2.75) is 182 Å². The second kappa shape index (κ2) is 42.6. The van der Waals surface area contributed by atoms with Crippen LogP contribution < -0.4 is 62.3 Å². The number of piperazine rings is 2. The van der Waals surface area contributed by atoms with Crippen molar-refractivity contribution < 1.29 is 84.2 Å². The Kier molecular flexibility index (Phi) is 30.8. The zero-order valence-electron chi connectivity index (χ0n) is 80.8. The monoisotopic (exact) mass is 1920 g/mol. The number of allylic oxidation sites excluding steroid dienone is 1. The van der Waals surface area contributed by atoms with Crippen LogP contribution in [-0.4, -0.2) is 215 Å². The molecule has 5 aromatic heterocycles. The lowest BCUT2D eigenvalue weighted by atomic mass is 9.73. The Morgan fingerprint density at radius 1 is 0.429 bits per heavy atom. The number of H-pyrrole nitrogens is 5. The van der Waals surface area contributed by atoms with E-state index in [9.17, 15) is 93.6 Å². The lowest BCUT2D eigenvalue weighted by Crippen LogP contribution is -2.50. The van der Waals surface area contributed by atoms with Gasteiger partial charge in [0.15, 0.2) is 27.8 Å². The third-order valence-electron chi connectivity index (χ3n) is 28.4. The van der Waals surface area contributed by atoms with Crippen LogP contribution >= 0.6 is 0 Å². The minimum Gasteiger partial charge on any atom is -0.506 e. The number of rotatable bonds is 22. The van der Waals surface area contributed by atoms with Gasteiger partial charge in [-0.15, -0.1) is 0 Å². The maximum absolute atomic E-state index is 12.5. The number of benzene rings is 5. The lowest BCUT2D eigenvalue weighted by molar-refractivity contribution is 0.0213. The number of amides is 1. The normalized spacial score (nSPS) is 19.1. The van der Waals surface area contributed by atoms with Crippen LogP contribution in [0.2, 0.25) is 0 Å². The van der Waals surface area contributed by atoms with E-state index in [1.165, 1.54) is 64.2 Å². The number of aromatic nitrogens is 5. The Balaban J connectivity index is 0.000000140. The van der Waals surface area contributed by atoms with Crippen LogP contribution in [0.1, 0.15) is 200 Å². The number of carboxylic acid groups (broad SMARTS) is 5. The molecule has 1 saturated carbocycles. The summed E-state index contributed by atoms with van der Waals surface area (Å²) in [6.45, 7) is 24.6. The maximum Gasteiger partial charge on any atom is 0.410 e. The highest BCUT2D eigenvalue weighted by molar-refractivity contribution is 5.95. The Bertz CT molecular complexity index is 6690. The number of aromatic carboxylic acids is 5. The van der Waals surface area contributed by atoms with E-state index >= 15 is 0 Å². The van der Waals surface area contributed by atoms with Gasteiger partial charge in [-0.25, -0.2) is 28.8 Å². The van der Waals surface area contributed by atoms with Gasteiger partial charge in [0.25, 0.3) is 27.8 Å². The molecule has 4 unspecified atom stereocenters. The van der Waals surface area contributed by atoms with Gasteiger partial charge in [0.1, 0.15) is 34.3 Å². The number of methoxy groups -OCH3 is 1. The van der Waals surface area contributed by atoms with Crippen molar-refractivity contribution in [1.82, 2.24) is 35.1 Å². The van der Waals surface area contributed by atoms with E-state index in [4.69, 9.17) is 14.6 Å². The molecule has 1 amide bonds. The number of fused-ring (bicyclic) bond motifs is 6. The quantitative estimate of drug-likeness (QED) is 0.0280. The summed E-state index contributed by atoms with van der Waals surface area (Å²) in [7, 11) is 5.26. The molecule has 8 atom stereocenters. The topological polar surface area (TPSA) is 499 Å². The molecule has 740 valence electrons. The van der Waals surface area contributed by atoms with Crippen molar-refractivity contribution in [2.75, 3.05) is 98.1 Å². The first-order chi connectivity index (χ1) is 66.8. The number of pyridine rings is 5. The summed E-state index contributed by atoms with van der Waals surface area (Å²) in [6.07, 6.45) is 15.3. The summed E-state index contributed by atoms with van der Waals surface area (Å²) < 4.78 is 10.8. The number of likely N-dealkylation sites (tertiary alicyclic amines) is 1. The number of nitrogens with one attached hydrogen (secondary N) is 6. The van der Waals surface area contributed by atoms with E-state index in [0.717, 1.165) is 108 Å². The summed E-state index contributed by atoms with van der Waals surface area (Å²) in [6, 6.07) is 40.3. The molecule has 6 aliphatic heterocycles. The summed E-state index contributed by atoms with van der Waals surface area (Å²) in [4.78, 5) is 156. The summed E-state index contributed by atoms with van der Waals surface area (Å²) >= 11 is 0. The zero-order valence-corrected chi connectivity index (χ0v) is 80.8. The molecule has 5 aromatic carbocycles. The van der Waals surface area contributed by atoms with Crippen LogP contribution in [0.3, 0.4) is 0 Å². The van der Waals surface area contributed by atoms with Gasteiger partial charge >= 0.3 is 35.9 Å². The van der Waals surface area contributed by atoms with Gasteiger partial charge < -0.3 is 115 Å². The summed E-state index contributed by atoms with van der Waals surface area (Å²) in [5.41, 5.74) is 8.32. The molecule has 7 fully saturated rings. The number of nitrogens with zero attached hydrogens (tertiary/aromatic N) is 6. The molecule has 15 N–H and O–H groups in total. The van der Waals surface area contributed by atoms with Crippen molar-refractivity contribution in [3.05, 3.63) is 240 Å². The van der Waals surface area contributed by atoms with Crippen LogP contribution in [0.15, 0.2) is 157 Å². The molecule has 18 rings (SSSR count). The minimum absolute atomic E-state index is 0.105. The van der Waals surface area contributed by atoms with Crippen LogP contribution in [-0.2, 0) is 36.8 Å². The number of carbonyl (C=O) groups excluding carboxylic acids is 1. The molecule has 10 aromatic rings. The molecule has 0 spiro atoms. The molecule has 34 nitrogen and oxygen atoms in total. The molecule has 4 bridgehead atoms. The third kappa shape index (κ3) is 21.0. The van der Waals surface area contributed by atoms with Gasteiger partial charge in [0.2, 0.25) is 0 Å². The first-order valence-electron chi connectivity index (χ1n) is 47.9. The predicted octanol–water partition coefficient (Wildman–Crippen LogP) is 15.0. The predicted molar refractivity (Wildman–Crippen MR) is 536 cm³/mol. The van der Waals surface area contributed by atoms with Gasteiger partial charge in [-0.05, 0) is 204 Å². The van der Waals surface area contributed by atoms with Crippen molar-refractivity contribution in [2.24, 2.45) is 23.7 Å². The fourth-order valence-corrected chi connectivity index (χ4v) is 21.4. The maximum atomic E-state index is 12.5. The SMILES string of the molecule is CCc1c(-c2ccc(N(C)C)cc2)[nH]c(=O)c(C(=O)O)c1OC.CCc1c(-c2ccc(N3CC4=CCCC[C@@H]4C3)cc2)[nH]c(=O)c(C(=O)O)c1O.CCc1c(-c2ccc(N3CC4CC3CN4)cc2)[nH]c(=O)c(C(=O)O)c1O.CCc1c(-c2ccc(N3CC4CC3CN4C(=O)OC(C)(C)C)cc2)[nH]c(=O)c(C(=O)O)c1O.CCc1c(-c2ccc(N3C[C@H]4CCC[C@@H](CC)[C@H]4C3)cc2)[nH]c(=O)c(C(=O)O)c1O. The first kappa shape index (κ1) is 101. The molecule has 8 aliphatic rings. The number of aromatic hydroxyl groups is 4. The van der Waals surface area contributed by atoms with Crippen molar-refractivity contribution in [3.8, 4) is 85.0 Å². The second-order valence-corrected chi connectivity index (χ2v) is 38.0. The van der Waals surface area contributed by atoms with E-state index < -0.39 is 108 Å². The average molecular weight is 1920 g/mol. The van der Waals surface area contributed by atoms with Crippen molar-refractivity contribution in [3.63, 3.8) is 0 Å². The second-order valence-electron chi connectivity index (χ2n) is 38.0. The van der Waals surface area contributed by atoms with Gasteiger partial charge in [-0.3, -0.25) is 24.0 Å². The standard InChI is InChI=1S/C24H29N3O6.C24H30N2O4.C22H24N2O4.C19H21N3O4.C17H20N2O4/c1-5-17-19(25-21(29)18(20(17)28)22(30)31)13-6-8-14(9-7-13)26-11-16-10-15(26)12-27(16)23(32)33-24(2,3)4;1-3-14-6-5-7-16-12-26(13-19(14)16)17-10-8-15(9-11-17)21-18(4-2)22(27)20(24(29)30)23(28)25-21;1-2-17-19(23-21(26)18(20(17)25)22(27)28)13-7-9-16(10-8-13)24-11-14-5-3-4-6-15(14)12-24;1-2-14-16(21-18(24)15(17(14)23)19(25)26)10-3-5-12(6-4-10)22-9-11-7-13(22)8-20-11;1-5-12-14(10-6-8-11(9-7-10)19(2)3)18-16(20)13(17(21)22)15(12)23-4/h6-9,15-16H,5,10-12H2,1-4H3,(H,30,31)(H2,25,28,29);8-11,14,16,19H,3-7,12-13H2,1-2H3,(H,29,30)(H2,25,27,28);5,7-10,15H,2-4,6,11-12H2,1H3,(H,27,28)(H2,23,25,26);3-6,11,13,20H,2,7-9H2,1H3,(H,25,26)(H2,21,23,24);6-9H,5H2,1-4H3,(H,18,20)(H,21,22)/t;14-,16-,19-;15-;;/m.11../s1. The minimum atomic E-state index is -1.46. The highest BCUT2D eigenvalue weighted by Crippen LogP contribution is 2.46. The zero-order chi connectivity index (χ0) is 101. The van der Waals surface area contributed by atoms with Gasteiger partial charge in [0.05, 0.1) is 41.6 Å². The number of carbonyl (C=O) groups is 6. The van der Waals surface area contributed by atoms with Crippen molar-refractivity contribution >= 4 is 64.4 Å². The number of aromatic amines is 5. The highest BCUT2D eigenvalue weighted by Gasteiger charge is 2.47. The number of hydrogen-bond acceptors (Lipinski definition) is 23. The van der Waals surface area contributed by atoms with Crippen LogP contribution in [0.4, 0.5) is 33.2 Å². The lowest BCUT2D eigenvalue weighted by Gasteiger charge is -2.36. The molecule has 34 heteroatoms. The largest absolute Gasteiger partial charge is 0.506 e. The van der Waals surface area contributed by atoms with E-state index in [1.54, 1.807) is 12.5 Å². The van der Waals surface area contributed by atoms with E-state index in [2.05, 4.69) is 75.0 Å². The van der Waals surface area contributed by atoms with Crippen molar-refractivity contribution in [1.29, 1.82) is 0 Å².